The molecule has 1 rings (SSSR count). The van der Waals surface area contributed by atoms with Gasteiger partial charge in [0, 0.05) is 0 Å². The van der Waals surface area contributed by atoms with Gasteiger partial charge in [0.2, 0.25) is 0 Å². The van der Waals surface area contributed by atoms with E-state index in [2.05, 4.69) is 51.9 Å². The third-order valence-corrected chi connectivity index (χ3v) is 2.01. The molecule has 0 fully saturated rings. The van der Waals surface area contributed by atoms with E-state index in [1.54, 1.807) is 0 Å². The predicted molar refractivity (Wildman–Crippen MR) is 64.1 cm³/mol. The van der Waals surface area contributed by atoms with Crippen molar-refractivity contribution in [3.05, 3.63) is 11.9 Å². The highest BCUT2D eigenvalue weighted by molar-refractivity contribution is 4.92. The smallest absolute Gasteiger partial charge is 0.108 e. The molecule has 0 aromatic carbocycles. The van der Waals surface area contributed by atoms with Crippen molar-refractivity contribution >= 4 is 0 Å². The molecule has 4 nitrogen and oxygen atoms in total. The summed E-state index contributed by atoms with van der Waals surface area (Å²) in [5.41, 5.74) is 1.06. The average Bonchev–Trinajstić information content (AvgIpc) is 2.49. The molecule has 1 aromatic rings. The normalized spacial score (nSPS) is 13.1. The minimum absolute atomic E-state index is 0.0186. The Hall–Kier alpha value is -0.900. The van der Waals surface area contributed by atoms with Crippen molar-refractivity contribution in [2.75, 3.05) is 6.61 Å². The molecule has 1 heterocycles. The van der Waals surface area contributed by atoms with Crippen LogP contribution in [-0.2, 0) is 16.9 Å². The van der Waals surface area contributed by atoms with Crippen molar-refractivity contribution in [3.63, 3.8) is 0 Å². The molecule has 16 heavy (non-hydrogen) atoms. The summed E-state index contributed by atoms with van der Waals surface area (Å²) in [6.07, 6.45) is 1.95. The zero-order chi connectivity index (χ0) is 12.4. The van der Waals surface area contributed by atoms with Crippen molar-refractivity contribution < 1.29 is 4.74 Å². The molecule has 0 unspecified atom stereocenters. The van der Waals surface area contributed by atoms with Crippen LogP contribution in [0.2, 0.25) is 0 Å². The van der Waals surface area contributed by atoms with E-state index in [0.717, 1.165) is 12.3 Å². The molecule has 0 aliphatic rings. The average molecular weight is 225 g/mol. The number of hydrogen-bond acceptors (Lipinski definition) is 3. The fraction of sp³-hybridized carbons (Fsp3) is 0.833. The Bertz CT molecular complexity index is 331. The lowest BCUT2D eigenvalue weighted by molar-refractivity contribution is 0.0580. The lowest BCUT2D eigenvalue weighted by atomic mass is 9.99. The second-order valence-electron chi connectivity index (χ2n) is 6.38. The third kappa shape index (κ3) is 4.31. The van der Waals surface area contributed by atoms with Crippen molar-refractivity contribution in [3.8, 4) is 0 Å². The maximum atomic E-state index is 5.59. The van der Waals surface area contributed by atoms with Crippen molar-refractivity contribution in [1.82, 2.24) is 15.0 Å². The van der Waals surface area contributed by atoms with Crippen LogP contribution in [0, 0.1) is 5.41 Å². The standard InChI is InChI=1S/C12H23N3O/c1-11(2,3)9-16-8-10-7-15(14-13-10)12(4,5)6/h7H,8-9H2,1-6H3. The highest BCUT2D eigenvalue weighted by atomic mass is 16.5. The van der Waals surface area contributed by atoms with Gasteiger partial charge in [-0.1, -0.05) is 26.0 Å². The quantitative estimate of drug-likeness (QED) is 0.793. The first kappa shape index (κ1) is 13.2. The van der Waals surface area contributed by atoms with Crippen LogP contribution in [0.15, 0.2) is 6.20 Å². The van der Waals surface area contributed by atoms with E-state index in [1.165, 1.54) is 0 Å². The minimum Gasteiger partial charge on any atom is -0.374 e. The number of rotatable bonds is 3. The number of ether oxygens (including phenoxy) is 1. The number of nitrogens with zero attached hydrogens (tertiary/aromatic N) is 3. The number of aromatic nitrogens is 3. The molecule has 4 heteroatoms. The van der Waals surface area contributed by atoms with Gasteiger partial charge < -0.3 is 4.74 Å². The van der Waals surface area contributed by atoms with Crippen molar-refractivity contribution in [2.24, 2.45) is 5.41 Å². The van der Waals surface area contributed by atoms with Gasteiger partial charge in [-0.25, -0.2) is 4.68 Å². The zero-order valence-corrected chi connectivity index (χ0v) is 11.2. The highest BCUT2D eigenvalue weighted by Crippen LogP contribution is 2.15. The van der Waals surface area contributed by atoms with Gasteiger partial charge >= 0.3 is 0 Å². The summed E-state index contributed by atoms with van der Waals surface area (Å²) in [4.78, 5) is 0. The Morgan fingerprint density at radius 3 is 2.25 bits per heavy atom. The molecule has 0 N–H and O–H groups in total. The van der Waals surface area contributed by atoms with Crippen LogP contribution in [0.25, 0.3) is 0 Å². The van der Waals surface area contributed by atoms with Crippen LogP contribution >= 0.6 is 0 Å². The van der Waals surface area contributed by atoms with Gasteiger partial charge in [-0.15, -0.1) is 5.10 Å². The molecule has 0 aliphatic heterocycles. The fourth-order valence-electron chi connectivity index (χ4n) is 1.15. The Balaban J connectivity index is 2.48. The van der Waals surface area contributed by atoms with Crippen LogP contribution in [0.3, 0.4) is 0 Å². The van der Waals surface area contributed by atoms with Crippen LogP contribution in [0.5, 0.6) is 0 Å². The summed E-state index contributed by atoms with van der Waals surface area (Å²) in [5, 5.41) is 8.18. The molecule has 0 bridgehead atoms. The molecular weight excluding hydrogens is 202 g/mol. The van der Waals surface area contributed by atoms with Gasteiger partial charge in [0.05, 0.1) is 24.9 Å². The maximum absolute atomic E-state index is 5.59. The first-order valence-corrected chi connectivity index (χ1v) is 5.68. The van der Waals surface area contributed by atoms with E-state index in [4.69, 9.17) is 4.74 Å². The van der Waals surface area contributed by atoms with Crippen LogP contribution < -0.4 is 0 Å². The molecule has 0 spiro atoms. The van der Waals surface area contributed by atoms with Gasteiger partial charge in [0.1, 0.15) is 5.69 Å². The molecule has 1 aromatic heterocycles. The second kappa shape index (κ2) is 4.53. The Kier molecular flexibility index (Phi) is 3.73. The largest absolute Gasteiger partial charge is 0.374 e. The molecule has 0 atom stereocenters. The van der Waals surface area contributed by atoms with Crippen molar-refractivity contribution in [2.45, 2.75) is 53.7 Å². The molecule has 0 radical (unpaired) electrons. The molecule has 0 saturated heterocycles. The second-order valence-corrected chi connectivity index (χ2v) is 6.38. The Morgan fingerprint density at radius 2 is 1.81 bits per heavy atom. The van der Waals surface area contributed by atoms with E-state index in [1.807, 2.05) is 10.9 Å². The van der Waals surface area contributed by atoms with Crippen molar-refractivity contribution in [1.29, 1.82) is 0 Å². The van der Waals surface area contributed by atoms with E-state index in [0.29, 0.717) is 6.61 Å². The summed E-state index contributed by atoms with van der Waals surface area (Å²) in [5.74, 6) is 0. The lowest BCUT2D eigenvalue weighted by Gasteiger charge is -2.18. The summed E-state index contributed by atoms with van der Waals surface area (Å²) in [6, 6.07) is 0. The van der Waals surface area contributed by atoms with Gasteiger partial charge in [-0.2, -0.15) is 0 Å². The predicted octanol–water partition coefficient (Wildman–Crippen LogP) is 2.60. The van der Waals surface area contributed by atoms with E-state index >= 15 is 0 Å². The third-order valence-electron chi connectivity index (χ3n) is 2.01. The van der Waals surface area contributed by atoms with Gasteiger partial charge in [0.15, 0.2) is 0 Å². The number of hydrogen-bond donors (Lipinski definition) is 0. The monoisotopic (exact) mass is 225 g/mol. The first-order chi connectivity index (χ1) is 7.18. The molecule has 0 amide bonds. The maximum Gasteiger partial charge on any atom is 0.108 e. The summed E-state index contributed by atoms with van der Waals surface area (Å²) in [6.45, 7) is 14.0. The molecule has 0 saturated carbocycles. The molecule has 92 valence electrons. The van der Waals surface area contributed by atoms with E-state index in [-0.39, 0.29) is 11.0 Å². The fourth-order valence-corrected chi connectivity index (χ4v) is 1.15. The zero-order valence-electron chi connectivity index (χ0n) is 11.2. The summed E-state index contributed by atoms with van der Waals surface area (Å²) in [7, 11) is 0. The SMILES string of the molecule is CC(C)(C)COCc1cn(C(C)(C)C)nn1. The summed E-state index contributed by atoms with van der Waals surface area (Å²) < 4.78 is 7.46. The van der Waals surface area contributed by atoms with Crippen LogP contribution in [0.4, 0.5) is 0 Å². The van der Waals surface area contributed by atoms with E-state index < -0.39 is 0 Å². The van der Waals surface area contributed by atoms with Crippen LogP contribution in [0.1, 0.15) is 47.2 Å². The highest BCUT2D eigenvalue weighted by Gasteiger charge is 2.15. The van der Waals surface area contributed by atoms with E-state index in [9.17, 15) is 0 Å². The minimum atomic E-state index is -0.0186. The summed E-state index contributed by atoms with van der Waals surface area (Å²) >= 11 is 0. The topological polar surface area (TPSA) is 39.9 Å². The Labute approximate surface area is 98.0 Å². The van der Waals surface area contributed by atoms with Gasteiger partial charge in [-0.3, -0.25) is 0 Å². The Morgan fingerprint density at radius 1 is 1.19 bits per heavy atom. The molecule has 0 aliphatic carbocycles. The van der Waals surface area contributed by atoms with Crippen LogP contribution in [-0.4, -0.2) is 21.6 Å². The molecular formula is C12H23N3O. The van der Waals surface area contributed by atoms with Gasteiger partial charge in [-0.05, 0) is 26.2 Å². The van der Waals surface area contributed by atoms with Gasteiger partial charge in [0.25, 0.3) is 0 Å². The first-order valence-electron chi connectivity index (χ1n) is 5.68. The lowest BCUT2D eigenvalue weighted by Crippen LogP contribution is -2.22.